The molecule has 2 atom stereocenters. The number of amides is 2. The minimum Gasteiger partial charge on any atom is -0.394 e. The van der Waals surface area contributed by atoms with Gasteiger partial charge in [0.2, 0.25) is 0 Å². The van der Waals surface area contributed by atoms with Gasteiger partial charge < -0.3 is 20.5 Å². The SMILES string of the molecule is COC(CNC(=O)NC(CO)CC(C)C)c1cccc(Cl)c1. The smallest absolute Gasteiger partial charge is 0.315 e. The van der Waals surface area contributed by atoms with Crippen molar-refractivity contribution in [2.24, 2.45) is 5.92 Å². The molecule has 5 nitrogen and oxygen atoms in total. The number of methoxy groups -OCH3 is 1. The summed E-state index contributed by atoms with van der Waals surface area (Å²) in [6.45, 7) is 4.33. The van der Waals surface area contributed by atoms with Crippen molar-refractivity contribution in [3.63, 3.8) is 0 Å². The number of hydrogen-bond acceptors (Lipinski definition) is 3. The highest BCUT2D eigenvalue weighted by atomic mass is 35.5. The van der Waals surface area contributed by atoms with Gasteiger partial charge in [0.05, 0.1) is 18.8 Å². The van der Waals surface area contributed by atoms with Gasteiger partial charge in [-0.3, -0.25) is 0 Å². The van der Waals surface area contributed by atoms with Gasteiger partial charge in [0, 0.05) is 18.7 Å². The highest BCUT2D eigenvalue weighted by Gasteiger charge is 2.15. The van der Waals surface area contributed by atoms with Crippen molar-refractivity contribution in [2.75, 3.05) is 20.3 Å². The molecule has 3 N–H and O–H groups in total. The molecule has 0 aromatic heterocycles. The number of hydrogen-bond donors (Lipinski definition) is 3. The van der Waals surface area contributed by atoms with Crippen LogP contribution in [0.3, 0.4) is 0 Å². The van der Waals surface area contributed by atoms with Crippen LogP contribution in [0.4, 0.5) is 4.79 Å². The first-order valence-electron chi connectivity index (χ1n) is 7.39. The molecule has 1 aromatic carbocycles. The average Bonchev–Trinajstić information content (AvgIpc) is 2.46. The van der Waals surface area contributed by atoms with Gasteiger partial charge >= 0.3 is 6.03 Å². The fourth-order valence-corrected chi connectivity index (χ4v) is 2.41. The first-order chi connectivity index (χ1) is 10.5. The molecule has 0 bridgehead atoms. The lowest BCUT2D eigenvalue weighted by Gasteiger charge is -2.21. The number of aliphatic hydroxyl groups excluding tert-OH is 1. The molecule has 0 aliphatic heterocycles. The van der Waals surface area contributed by atoms with Crippen LogP contribution >= 0.6 is 11.6 Å². The predicted molar refractivity (Wildman–Crippen MR) is 88.1 cm³/mol. The molecule has 0 heterocycles. The Hall–Kier alpha value is -1.30. The zero-order valence-corrected chi connectivity index (χ0v) is 14.1. The molecule has 0 aliphatic rings. The summed E-state index contributed by atoms with van der Waals surface area (Å²) in [5.74, 6) is 0.399. The lowest BCUT2D eigenvalue weighted by atomic mass is 10.0. The third-order valence-corrected chi connectivity index (χ3v) is 3.50. The number of halogens is 1. The molecule has 6 heteroatoms. The van der Waals surface area contributed by atoms with Crippen molar-refractivity contribution in [3.8, 4) is 0 Å². The van der Waals surface area contributed by atoms with Crippen LogP contribution in [-0.2, 0) is 4.74 Å². The second-order valence-electron chi connectivity index (χ2n) is 5.64. The summed E-state index contributed by atoms with van der Waals surface area (Å²) in [7, 11) is 1.58. The summed E-state index contributed by atoms with van der Waals surface area (Å²) in [4.78, 5) is 11.9. The van der Waals surface area contributed by atoms with E-state index in [2.05, 4.69) is 10.6 Å². The first kappa shape index (κ1) is 18.7. The molecular formula is C16H25ClN2O3. The molecule has 0 radical (unpaired) electrons. The number of urea groups is 1. The number of benzene rings is 1. The normalized spacial score (nSPS) is 13.7. The predicted octanol–water partition coefficient (Wildman–Crippen LogP) is 2.73. The van der Waals surface area contributed by atoms with Gasteiger partial charge in [-0.05, 0) is 30.0 Å². The summed E-state index contributed by atoms with van der Waals surface area (Å²) in [5.41, 5.74) is 0.899. The summed E-state index contributed by atoms with van der Waals surface area (Å²) in [5, 5.41) is 15.4. The van der Waals surface area contributed by atoms with E-state index in [0.29, 0.717) is 17.5 Å². The maximum atomic E-state index is 11.9. The van der Waals surface area contributed by atoms with E-state index in [0.717, 1.165) is 12.0 Å². The average molecular weight is 329 g/mol. The van der Waals surface area contributed by atoms with E-state index in [9.17, 15) is 9.90 Å². The monoisotopic (exact) mass is 328 g/mol. The Morgan fingerprint density at radius 2 is 2.14 bits per heavy atom. The summed E-state index contributed by atoms with van der Waals surface area (Å²) < 4.78 is 5.39. The number of carbonyl (C=O) groups excluding carboxylic acids is 1. The van der Waals surface area contributed by atoms with Crippen molar-refractivity contribution in [1.29, 1.82) is 0 Å². The highest BCUT2D eigenvalue weighted by molar-refractivity contribution is 6.30. The zero-order chi connectivity index (χ0) is 16.5. The molecule has 2 amide bonds. The topological polar surface area (TPSA) is 70.6 Å². The Bertz CT molecular complexity index is 468. The van der Waals surface area contributed by atoms with Gasteiger partial charge in [-0.25, -0.2) is 4.79 Å². The fourth-order valence-electron chi connectivity index (χ4n) is 2.21. The number of nitrogens with one attached hydrogen (secondary N) is 2. The van der Waals surface area contributed by atoms with E-state index in [1.165, 1.54) is 0 Å². The van der Waals surface area contributed by atoms with E-state index in [4.69, 9.17) is 16.3 Å². The number of aliphatic hydroxyl groups is 1. The van der Waals surface area contributed by atoms with E-state index in [1.54, 1.807) is 13.2 Å². The van der Waals surface area contributed by atoms with Crippen LogP contribution in [0.25, 0.3) is 0 Å². The number of ether oxygens (including phenoxy) is 1. The Morgan fingerprint density at radius 1 is 1.41 bits per heavy atom. The highest BCUT2D eigenvalue weighted by Crippen LogP contribution is 2.19. The van der Waals surface area contributed by atoms with Gasteiger partial charge in [0.15, 0.2) is 0 Å². The molecule has 0 aliphatic carbocycles. The van der Waals surface area contributed by atoms with Gasteiger partial charge in [-0.15, -0.1) is 0 Å². The molecule has 124 valence electrons. The molecule has 0 fully saturated rings. The van der Waals surface area contributed by atoms with Crippen LogP contribution in [0, 0.1) is 5.92 Å². The quantitative estimate of drug-likeness (QED) is 0.687. The van der Waals surface area contributed by atoms with E-state index >= 15 is 0 Å². The Balaban J connectivity index is 2.50. The van der Waals surface area contributed by atoms with E-state index < -0.39 is 0 Å². The molecule has 2 unspecified atom stereocenters. The van der Waals surface area contributed by atoms with Gasteiger partial charge in [-0.1, -0.05) is 37.6 Å². The minimum absolute atomic E-state index is 0.0758. The Labute approximate surface area is 137 Å². The largest absolute Gasteiger partial charge is 0.394 e. The summed E-state index contributed by atoms with van der Waals surface area (Å²) >= 11 is 5.96. The van der Waals surface area contributed by atoms with Crippen molar-refractivity contribution >= 4 is 17.6 Å². The standard InChI is InChI=1S/C16H25ClN2O3/c1-11(2)7-14(10-20)19-16(21)18-9-15(22-3)12-5-4-6-13(17)8-12/h4-6,8,11,14-15,20H,7,9-10H2,1-3H3,(H2,18,19,21). The van der Waals surface area contributed by atoms with Gasteiger partial charge in [0.1, 0.15) is 0 Å². The van der Waals surface area contributed by atoms with Crippen LogP contribution in [0.15, 0.2) is 24.3 Å². The molecule has 1 rings (SSSR count). The molecule has 1 aromatic rings. The molecule has 0 saturated heterocycles. The van der Waals surface area contributed by atoms with Gasteiger partial charge in [0.25, 0.3) is 0 Å². The van der Waals surface area contributed by atoms with E-state index in [1.807, 2.05) is 32.0 Å². The van der Waals surface area contributed by atoms with Crippen molar-refractivity contribution in [2.45, 2.75) is 32.4 Å². The second-order valence-corrected chi connectivity index (χ2v) is 6.08. The molecule has 22 heavy (non-hydrogen) atoms. The summed E-state index contributed by atoms with van der Waals surface area (Å²) in [6, 6.07) is 6.78. The number of rotatable bonds is 8. The third-order valence-electron chi connectivity index (χ3n) is 3.26. The van der Waals surface area contributed by atoms with Crippen molar-refractivity contribution in [3.05, 3.63) is 34.9 Å². The molecule has 0 saturated carbocycles. The Kier molecular flexibility index (Phi) is 8.24. The second kappa shape index (κ2) is 9.66. The van der Waals surface area contributed by atoms with Crippen LogP contribution in [-0.4, -0.2) is 37.4 Å². The van der Waals surface area contributed by atoms with Crippen molar-refractivity contribution < 1.29 is 14.6 Å². The zero-order valence-electron chi connectivity index (χ0n) is 13.3. The van der Waals surface area contributed by atoms with Crippen LogP contribution in [0.1, 0.15) is 31.9 Å². The summed E-state index contributed by atoms with van der Waals surface area (Å²) in [6.07, 6.45) is 0.452. The maximum Gasteiger partial charge on any atom is 0.315 e. The van der Waals surface area contributed by atoms with Crippen LogP contribution < -0.4 is 10.6 Å². The fraction of sp³-hybridized carbons (Fsp3) is 0.562. The Morgan fingerprint density at radius 3 is 2.68 bits per heavy atom. The number of carbonyl (C=O) groups is 1. The lowest BCUT2D eigenvalue weighted by Crippen LogP contribution is -2.45. The van der Waals surface area contributed by atoms with Gasteiger partial charge in [-0.2, -0.15) is 0 Å². The van der Waals surface area contributed by atoms with Crippen molar-refractivity contribution in [1.82, 2.24) is 10.6 Å². The van der Waals surface area contributed by atoms with Crippen LogP contribution in [0.5, 0.6) is 0 Å². The third kappa shape index (κ3) is 6.64. The first-order valence-corrected chi connectivity index (χ1v) is 7.77. The maximum absolute atomic E-state index is 11.9. The van der Waals surface area contributed by atoms with E-state index in [-0.39, 0.29) is 24.8 Å². The van der Waals surface area contributed by atoms with Crippen LogP contribution in [0.2, 0.25) is 5.02 Å². The lowest BCUT2D eigenvalue weighted by molar-refractivity contribution is 0.103. The minimum atomic E-state index is -0.316. The molecular weight excluding hydrogens is 304 g/mol. The molecule has 0 spiro atoms.